The lowest BCUT2D eigenvalue weighted by atomic mass is 10.2. The van der Waals surface area contributed by atoms with Crippen molar-refractivity contribution in [3.05, 3.63) is 21.9 Å². The van der Waals surface area contributed by atoms with Gasteiger partial charge in [-0.3, -0.25) is 0 Å². The molecular formula is C7H4BrF5N2. The van der Waals surface area contributed by atoms with Crippen LogP contribution in [0.25, 0.3) is 0 Å². The second-order valence-corrected chi connectivity index (χ2v) is 3.35. The molecule has 2 nitrogen and oxygen atoms in total. The molecule has 0 amide bonds. The van der Waals surface area contributed by atoms with Gasteiger partial charge >= 0.3 is 6.18 Å². The molecular weight excluding hydrogens is 287 g/mol. The summed E-state index contributed by atoms with van der Waals surface area (Å²) in [6.07, 6.45) is -7.86. The number of nitrogens with zero attached hydrogens (tertiary/aromatic N) is 1. The van der Waals surface area contributed by atoms with Crippen molar-refractivity contribution in [1.29, 1.82) is 0 Å². The highest BCUT2D eigenvalue weighted by molar-refractivity contribution is 9.10. The van der Waals surface area contributed by atoms with Crippen molar-refractivity contribution in [2.75, 3.05) is 5.73 Å². The quantitative estimate of drug-likeness (QED) is 0.636. The van der Waals surface area contributed by atoms with Gasteiger partial charge in [-0.15, -0.1) is 0 Å². The second kappa shape index (κ2) is 3.92. The van der Waals surface area contributed by atoms with Crippen LogP contribution in [0.15, 0.2) is 10.7 Å². The lowest BCUT2D eigenvalue weighted by Crippen LogP contribution is -2.11. The number of nitrogen functional groups attached to an aromatic ring is 1. The van der Waals surface area contributed by atoms with Crippen LogP contribution >= 0.6 is 15.9 Å². The van der Waals surface area contributed by atoms with Crippen molar-refractivity contribution in [2.45, 2.75) is 12.6 Å². The van der Waals surface area contributed by atoms with Crippen molar-refractivity contribution < 1.29 is 22.0 Å². The molecule has 0 saturated heterocycles. The number of halogens is 6. The molecule has 0 saturated carbocycles. The maximum atomic E-state index is 12.3. The van der Waals surface area contributed by atoms with E-state index in [4.69, 9.17) is 5.73 Å². The zero-order valence-electron chi connectivity index (χ0n) is 6.95. The molecule has 0 bridgehead atoms. The monoisotopic (exact) mass is 290 g/mol. The van der Waals surface area contributed by atoms with Crippen molar-refractivity contribution in [3.63, 3.8) is 0 Å². The molecule has 0 unspecified atom stereocenters. The first-order valence-corrected chi connectivity index (χ1v) is 4.34. The van der Waals surface area contributed by atoms with Crippen LogP contribution in [-0.2, 0) is 6.18 Å². The smallest absolute Gasteiger partial charge is 0.396 e. The van der Waals surface area contributed by atoms with E-state index in [1.54, 1.807) is 0 Å². The van der Waals surface area contributed by atoms with Crippen molar-refractivity contribution in [3.8, 4) is 0 Å². The van der Waals surface area contributed by atoms with Crippen LogP contribution in [0.3, 0.4) is 0 Å². The van der Waals surface area contributed by atoms with E-state index >= 15 is 0 Å². The second-order valence-electron chi connectivity index (χ2n) is 2.60. The highest BCUT2D eigenvalue weighted by atomic mass is 79.9. The Morgan fingerprint density at radius 1 is 1.33 bits per heavy atom. The minimum absolute atomic E-state index is 0.241. The Balaban J connectivity index is 3.38. The summed E-state index contributed by atoms with van der Waals surface area (Å²) in [5.74, 6) is 0. The predicted molar refractivity (Wildman–Crippen MR) is 46.3 cm³/mol. The van der Waals surface area contributed by atoms with Crippen molar-refractivity contribution in [2.24, 2.45) is 0 Å². The molecule has 1 aromatic rings. The molecule has 0 atom stereocenters. The van der Waals surface area contributed by atoms with Gasteiger partial charge in [0.05, 0.1) is 11.3 Å². The zero-order chi connectivity index (χ0) is 11.8. The molecule has 8 heteroatoms. The van der Waals surface area contributed by atoms with Crippen LogP contribution in [0.5, 0.6) is 0 Å². The standard InChI is InChI=1S/C7H4BrF5N2/c8-5-4(14)2(7(11,12)13)1-3(15-5)6(9)10/h1,6H,14H2. The van der Waals surface area contributed by atoms with E-state index in [2.05, 4.69) is 20.9 Å². The summed E-state index contributed by atoms with van der Waals surface area (Å²) < 4.78 is 60.8. The van der Waals surface area contributed by atoms with E-state index in [1.165, 1.54) is 0 Å². The summed E-state index contributed by atoms with van der Waals surface area (Å²) >= 11 is 2.59. The zero-order valence-corrected chi connectivity index (χ0v) is 8.53. The molecule has 0 aliphatic rings. The maximum absolute atomic E-state index is 12.3. The lowest BCUT2D eigenvalue weighted by molar-refractivity contribution is -0.137. The SMILES string of the molecule is Nc1c(C(F)(F)F)cc(C(F)F)nc1Br. The van der Waals surface area contributed by atoms with Gasteiger partial charge in [0, 0.05) is 0 Å². The first-order valence-electron chi connectivity index (χ1n) is 3.54. The summed E-state index contributed by atoms with van der Waals surface area (Å²) in [7, 11) is 0. The molecule has 1 rings (SSSR count). The number of aromatic nitrogens is 1. The third-order valence-corrected chi connectivity index (χ3v) is 2.17. The van der Waals surface area contributed by atoms with E-state index in [1.807, 2.05) is 0 Å². The van der Waals surface area contributed by atoms with Gasteiger partial charge in [-0.25, -0.2) is 13.8 Å². The predicted octanol–water partition coefficient (Wildman–Crippen LogP) is 3.38. The minimum Gasteiger partial charge on any atom is -0.396 e. The van der Waals surface area contributed by atoms with Crippen LogP contribution in [0, 0.1) is 0 Å². The van der Waals surface area contributed by atoms with E-state index in [0.717, 1.165) is 0 Å². The van der Waals surface area contributed by atoms with E-state index in [0.29, 0.717) is 0 Å². The number of nitrogens with two attached hydrogens (primary N) is 1. The fourth-order valence-corrected chi connectivity index (χ4v) is 1.31. The summed E-state index contributed by atoms with van der Waals surface area (Å²) in [5.41, 5.74) is 2.07. The van der Waals surface area contributed by atoms with E-state index in [-0.39, 0.29) is 6.07 Å². The first kappa shape index (κ1) is 12.2. The van der Waals surface area contributed by atoms with Gasteiger partial charge in [-0.2, -0.15) is 13.2 Å². The Morgan fingerprint density at radius 2 is 1.87 bits per heavy atom. The maximum Gasteiger partial charge on any atom is 0.418 e. The van der Waals surface area contributed by atoms with Crippen molar-refractivity contribution >= 4 is 21.6 Å². The highest BCUT2D eigenvalue weighted by Gasteiger charge is 2.35. The summed E-state index contributed by atoms with van der Waals surface area (Å²) in [5, 5.41) is 0. The number of alkyl halides is 5. The lowest BCUT2D eigenvalue weighted by Gasteiger charge is -2.12. The third kappa shape index (κ3) is 2.55. The molecule has 0 fully saturated rings. The van der Waals surface area contributed by atoms with Gasteiger partial charge < -0.3 is 5.73 Å². The first-order chi connectivity index (χ1) is 6.73. The Hall–Kier alpha value is -0.920. The number of pyridine rings is 1. The normalized spacial score (nSPS) is 12.2. The number of anilines is 1. The summed E-state index contributed by atoms with van der Waals surface area (Å²) in [6, 6.07) is 0.241. The Morgan fingerprint density at radius 3 is 2.27 bits per heavy atom. The van der Waals surface area contributed by atoms with Gasteiger partial charge in [0.2, 0.25) is 0 Å². The summed E-state index contributed by atoms with van der Waals surface area (Å²) in [6.45, 7) is 0. The van der Waals surface area contributed by atoms with Gasteiger partial charge in [0.25, 0.3) is 6.43 Å². The average Bonchev–Trinajstić information content (AvgIpc) is 2.06. The molecule has 1 heterocycles. The highest BCUT2D eigenvalue weighted by Crippen LogP contribution is 2.38. The van der Waals surface area contributed by atoms with Crippen LogP contribution < -0.4 is 5.73 Å². The van der Waals surface area contributed by atoms with Crippen LogP contribution in [0.4, 0.5) is 27.6 Å². The largest absolute Gasteiger partial charge is 0.418 e. The van der Waals surface area contributed by atoms with Crippen LogP contribution in [0.2, 0.25) is 0 Å². The molecule has 2 N–H and O–H groups in total. The molecule has 0 spiro atoms. The van der Waals surface area contributed by atoms with Gasteiger partial charge in [0.15, 0.2) is 0 Å². The molecule has 15 heavy (non-hydrogen) atoms. The Labute approximate surface area is 89.4 Å². The molecule has 0 aliphatic carbocycles. The van der Waals surface area contributed by atoms with Crippen LogP contribution in [-0.4, -0.2) is 4.98 Å². The Kier molecular flexibility index (Phi) is 3.17. The van der Waals surface area contributed by atoms with Gasteiger partial charge in [0.1, 0.15) is 10.3 Å². The average molecular weight is 291 g/mol. The third-order valence-electron chi connectivity index (χ3n) is 1.56. The summed E-state index contributed by atoms with van der Waals surface area (Å²) in [4.78, 5) is 3.19. The van der Waals surface area contributed by atoms with Crippen LogP contribution in [0.1, 0.15) is 17.7 Å². The number of hydrogen-bond donors (Lipinski definition) is 1. The molecule has 0 aliphatic heterocycles. The molecule has 0 radical (unpaired) electrons. The van der Waals surface area contributed by atoms with E-state index in [9.17, 15) is 22.0 Å². The molecule has 84 valence electrons. The van der Waals surface area contributed by atoms with E-state index < -0.39 is 34.1 Å². The fraction of sp³-hybridized carbons (Fsp3) is 0.286. The topological polar surface area (TPSA) is 38.9 Å². The Bertz CT molecular complexity index is 376. The number of rotatable bonds is 1. The van der Waals surface area contributed by atoms with Crippen molar-refractivity contribution in [1.82, 2.24) is 4.98 Å². The van der Waals surface area contributed by atoms with Gasteiger partial charge in [-0.1, -0.05) is 0 Å². The minimum atomic E-state index is -4.78. The number of hydrogen-bond acceptors (Lipinski definition) is 2. The molecule has 0 aromatic carbocycles. The fourth-order valence-electron chi connectivity index (χ4n) is 0.889. The molecule has 1 aromatic heterocycles. The van der Waals surface area contributed by atoms with Gasteiger partial charge in [-0.05, 0) is 22.0 Å².